The van der Waals surface area contributed by atoms with Crippen LogP contribution >= 0.6 is 0 Å². The minimum absolute atomic E-state index is 0.0213. The molecule has 2 aliphatic heterocycles. The Kier molecular flexibility index (Phi) is 32.0. The van der Waals surface area contributed by atoms with Crippen molar-refractivity contribution in [3.63, 3.8) is 0 Å². The normalized spacial score (nSPS) is 27.9. The van der Waals surface area contributed by atoms with Crippen LogP contribution in [0.4, 0.5) is 0 Å². The van der Waals surface area contributed by atoms with Crippen molar-refractivity contribution in [2.75, 3.05) is 33.0 Å². The molecule has 0 spiro atoms. The summed E-state index contributed by atoms with van der Waals surface area (Å²) in [5, 5.41) is 71.9. The van der Waals surface area contributed by atoms with E-state index in [9.17, 15) is 40.5 Å². The summed E-state index contributed by atoms with van der Waals surface area (Å²) in [7, 11) is 0. The van der Waals surface area contributed by atoms with Gasteiger partial charge in [-0.05, 0) is 64.2 Å². The first kappa shape index (κ1) is 55.6. The fourth-order valence-corrected chi connectivity index (χ4v) is 6.67. The number of esters is 1. The molecule has 0 aromatic heterocycles. The molecule has 356 valence electrons. The lowest BCUT2D eigenvalue weighted by atomic mass is 9.98. The minimum atomic E-state index is -1.72. The summed E-state index contributed by atoms with van der Waals surface area (Å²) in [6, 6.07) is 0. The lowest BCUT2D eigenvalue weighted by molar-refractivity contribution is -0.332. The summed E-state index contributed by atoms with van der Waals surface area (Å²) in [5.41, 5.74) is 0. The Morgan fingerprint density at radius 2 is 1.05 bits per heavy atom. The Bertz CT molecular complexity index is 1300. The molecule has 0 bridgehead atoms. The first-order chi connectivity index (χ1) is 30.1. The van der Waals surface area contributed by atoms with Crippen molar-refractivity contribution >= 4 is 5.97 Å². The number of allylic oxidation sites excluding steroid dienone is 12. The zero-order valence-electron chi connectivity index (χ0n) is 37.3. The molecule has 2 saturated heterocycles. The molecule has 2 fully saturated rings. The Morgan fingerprint density at radius 3 is 1.65 bits per heavy atom. The van der Waals surface area contributed by atoms with E-state index in [4.69, 9.17) is 28.4 Å². The van der Waals surface area contributed by atoms with Gasteiger partial charge in [-0.1, -0.05) is 125 Å². The SMILES string of the molecule is CC/C=C\C/C=C\C/C=C\C/C=C\CCC(=O)OC(COCCCCCCCC/C=C\C/C=C\CCCC)COC1OC(COC2OC(CO)C(O)C(O)C2O)C(O)C(O)C1O. The van der Waals surface area contributed by atoms with Crippen LogP contribution in [0.25, 0.3) is 0 Å². The van der Waals surface area contributed by atoms with E-state index in [1.807, 2.05) is 12.2 Å². The van der Waals surface area contributed by atoms with Crippen LogP contribution in [-0.2, 0) is 33.2 Å². The number of aliphatic hydroxyl groups excluding tert-OH is 7. The molecular weight excluding hydrogens is 801 g/mol. The fourth-order valence-electron chi connectivity index (χ4n) is 6.67. The maximum Gasteiger partial charge on any atom is 0.306 e. The van der Waals surface area contributed by atoms with Gasteiger partial charge < -0.3 is 64.2 Å². The van der Waals surface area contributed by atoms with Gasteiger partial charge in [0, 0.05) is 13.0 Å². The largest absolute Gasteiger partial charge is 0.457 e. The summed E-state index contributed by atoms with van der Waals surface area (Å²) in [6.07, 6.45) is 25.6. The van der Waals surface area contributed by atoms with Crippen molar-refractivity contribution in [2.45, 2.75) is 191 Å². The summed E-state index contributed by atoms with van der Waals surface area (Å²) in [6.45, 7) is 3.37. The van der Waals surface area contributed by atoms with Crippen molar-refractivity contribution in [1.29, 1.82) is 0 Å². The van der Waals surface area contributed by atoms with Gasteiger partial charge in [-0.3, -0.25) is 4.79 Å². The highest BCUT2D eigenvalue weighted by atomic mass is 16.7. The third-order valence-electron chi connectivity index (χ3n) is 10.5. The lowest BCUT2D eigenvalue weighted by Crippen LogP contribution is -2.61. The average molecular weight is 881 g/mol. The van der Waals surface area contributed by atoms with Crippen molar-refractivity contribution in [3.05, 3.63) is 72.9 Å². The van der Waals surface area contributed by atoms with Crippen molar-refractivity contribution in [1.82, 2.24) is 0 Å². The summed E-state index contributed by atoms with van der Waals surface area (Å²) < 4.78 is 34.0. The quantitative estimate of drug-likeness (QED) is 0.0240. The van der Waals surface area contributed by atoms with Crippen molar-refractivity contribution < 1.29 is 69.0 Å². The molecule has 2 aliphatic rings. The molecule has 0 radical (unpaired) electrons. The molecular formula is C48H80O14. The molecule has 7 N–H and O–H groups in total. The predicted molar refractivity (Wildman–Crippen MR) is 238 cm³/mol. The standard InChI is InChI=1S/C48H80O14/c1-3-5-7-9-11-13-15-17-18-20-22-24-26-28-30-32-57-34-37(60-40(50)31-29-27-25-23-21-19-16-14-12-10-8-6-4-2)35-58-47-46(56)44(54)42(52)39(62-47)36-59-48-45(55)43(53)41(51)38(33-49)61-48/h6,8-9,11-12,14-15,17,19,21,25,27,37-39,41-49,51-56H,3-5,7,10,13,16,18,20,22-24,26,28-36H2,1-2H3/b8-6-,11-9-,14-12-,17-15-,21-19-,27-25-. The molecule has 2 heterocycles. The second kappa shape index (κ2) is 35.7. The number of unbranched alkanes of at least 4 members (excludes halogenated alkanes) is 8. The number of hydrogen-bond acceptors (Lipinski definition) is 14. The highest BCUT2D eigenvalue weighted by Gasteiger charge is 2.47. The highest BCUT2D eigenvalue weighted by Crippen LogP contribution is 2.26. The van der Waals surface area contributed by atoms with Crippen LogP contribution in [0.3, 0.4) is 0 Å². The van der Waals surface area contributed by atoms with E-state index < -0.39 is 86.7 Å². The second-order valence-electron chi connectivity index (χ2n) is 15.8. The van der Waals surface area contributed by atoms with Crippen LogP contribution in [0, 0.1) is 0 Å². The minimum Gasteiger partial charge on any atom is -0.457 e. The van der Waals surface area contributed by atoms with Gasteiger partial charge in [0.25, 0.3) is 0 Å². The van der Waals surface area contributed by atoms with Gasteiger partial charge in [0.2, 0.25) is 0 Å². The third-order valence-corrected chi connectivity index (χ3v) is 10.5. The van der Waals surface area contributed by atoms with E-state index in [1.54, 1.807) is 0 Å². The van der Waals surface area contributed by atoms with E-state index in [1.165, 1.54) is 25.7 Å². The molecule has 2 rings (SSSR count). The first-order valence-corrected chi connectivity index (χ1v) is 23.0. The van der Waals surface area contributed by atoms with Crippen LogP contribution in [0.2, 0.25) is 0 Å². The molecule has 0 aliphatic carbocycles. The molecule has 0 aromatic carbocycles. The Hall–Kier alpha value is -2.57. The van der Waals surface area contributed by atoms with Gasteiger partial charge in [-0.2, -0.15) is 0 Å². The number of rotatable bonds is 34. The van der Waals surface area contributed by atoms with E-state index in [-0.39, 0.29) is 19.6 Å². The number of ether oxygens (including phenoxy) is 6. The van der Waals surface area contributed by atoms with Gasteiger partial charge in [-0.25, -0.2) is 0 Å². The van der Waals surface area contributed by atoms with Crippen LogP contribution < -0.4 is 0 Å². The van der Waals surface area contributed by atoms with Crippen LogP contribution in [0.15, 0.2) is 72.9 Å². The zero-order valence-corrected chi connectivity index (χ0v) is 37.3. The number of carbonyl (C=O) groups is 1. The maximum absolute atomic E-state index is 12.9. The van der Waals surface area contributed by atoms with E-state index in [0.29, 0.717) is 13.0 Å². The summed E-state index contributed by atoms with van der Waals surface area (Å²) >= 11 is 0. The van der Waals surface area contributed by atoms with Crippen molar-refractivity contribution in [2.24, 2.45) is 0 Å². The fraction of sp³-hybridized carbons (Fsp3) is 0.729. The molecule has 14 nitrogen and oxygen atoms in total. The van der Waals surface area contributed by atoms with E-state index >= 15 is 0 Å². The van der Waals surface area contributed by atoms with Gasteiger partial charge >= 0.3 is 5.97 Å². The third kappa shape index (κ3) is 23.9. The molecule has 14 heteroatoms. The first-order valence-electron chi connectivity index (χ1n) is 23.0. The number of aliphatic hydroxyl groups is 7. The molecule has 62 heavy (non-hydrogen) atoms. The molecule has 0 aromatic rings. The lowest BCUT2D eigenvalue weighted by Gasteiger charge is -2.42. The monoisotopic (exact) mass is 881 g/mol. The molecule has 11 unspecified atom stereocenters. The topological polar surface area (TPSA) is 214 Å². The Balaban J connectivity index is 1.85. The zero-order chi connectivity index (χ0) is 45.2. The molecule has 0 saturated carbocycles. The second-order valence-corrected chi connectivity index (χ2v) is 15.8. The van der Waals surface area contributed by atoms with Crippen LogP contribution in [0.1, 0.15) is 123 Å². The maximum atomic E-state index is 12.9. The summed E-state index contributed by atoms with van der Waals surface area (Å²) in [5.74, 6) is -0.464. The van der Waals surface area contributed by atoms with Crippen LogP contribution in [-0.4, -0.2) is 142 Å². The summed E-state index contributed by atoms with van der Waals surface area (Å²) in [4.78, 5) is 12.9. The van der Waals surface area contributed by atoms with Crippen molar-refractivity contribution in [3.8, 4) is 0 Å². The van der Waals surface area contributed by atoms with Crippen LogP contribution in [0.5, 0.6) is 0 Å². The average Bonchev–Trinajstić information content (AvgIpc) is 3.27. The number of carbonyl (C=O) groups excluding carboxylic acids is 1. The van der Waals surface area contributed by atoms with E-state index in [2.05, 4.69) is 74.6 Å². The van der Waals surface area contributed by atoms with Gasteiger partial charge in [-0.15, -0.1) is 0 Å². The molecule has 0 amide bonds. The van der Waals surface area contributed by atoms with Gasteiger partial charge in [0.1, 0.15) is 54.9 Å². The highest BCUT2D eigenvalue weighted by molar-refractivity contribution is 5.69. The van der Waals surface area contributed by atoms with Gasteiger partial charge in [0.05, 0.1) is 26.4 Å². The Labute approximate surface area is 370 Å². The Morgan fingerprint density at radius 1 is 0.548 bits per heavy atom. The molecule has 11 atom stereocenters. The predicted octanol–water partition coefficient (Wildman–Crippen LogP) is 5.56. The smallest absolute Gasteiger partial charge is 0.306 e. The number of hydrogen-bond donors (Lipinski definition) is 7. The van der Waals surface area contributed by atoms with E-state index in [0.717, 1.165) is 70.6 Å². The van der Waals surface area contributed by atoms with Gasteiger partial charge in [0.15, 0.2) is 12.6 Å².